The van der Waals surface area contributed by atoms with Gasteiger partial charge in [0.1, 0.15) is 0 Å². The molecule has 20 heavy (non-hydrogen) atoms. The van der Waals surface area contributed by atoms with Gasteiger partial charge in [0, 0.05) is 23.9 Å². The zero-order valence-electron chi connectivity index (χ0n) is 11.7. The van der Waals surface area contributed by atoms with Crippen LogP contribution in [0.15, 0.2) is 18.2 Å². The number of hydrogen-bond donors (Lipinski definition) is 2. The lowest BCUT2D eigenvalue weighted by Crippen LogP contribution is -2.31. The SMILES string of the molecule is Cc1ccc(Cl)cc1NC(=O)CN1CCC(CCO)C1. The van der Waals surface area contributed by atoms with Crippen molar-refractivity contribution in [3.63, 3.8) is 0 Å². The van der Waals surface area contributed by atoms with Crippen molar-refractivity contribution < 1.29 is 9.90 Å². The molecule has 4 nitrogen and oxygen atoms in total. The highest BCUT2D eigenvalue weighted by molar-refractivity contribution is 6.31. The lowest BCUT2D eigenvalue weighted by atomic mass is 10.1. The Hall–Kier alpha value is -1.10. The highest BCUT2D eigenvalue weighted by atomic mass is 35.5. The van der Waals surface area contributed by atoms with E-state index in [2.05, 4.69) is 10.2 Å². The van der Waals surface area contributed by atoms with Crippen LogP contribution < -0.4 is 5.32 Å². The number of carbonyl (C=O) groups is 1. The quantitative estimate of drug-likeness (QED) is 0.876. The van der Waals surface area contributed by atoms with Gasteiger partial charge in [0.15, 0.2) is 0 Å². The number of likely N-dealkylation sites (tertiary alicyclic amines) is 1. The smallest absolute Gasteiger partial charge is 0.238 e. The van der Waals surface area contributed by atoms with Gasteiger partial charge < -0.3 is 10.4 Å². The second-order valence-electron chi connectivity index (χ2n) is 5.41. The summed E-state index contributed by atoms with van der Waals surface area (Å²) in [6.45, 7) is 4.38. The van der Waals surface area contributed by atoms with Crippen molar-refractivity contribution in [3.05, 3.63) is 28.8 Å². The van der Waals surface area contributed by atoms with Gasteiger partial charge in [0.05, 0.1) is 6.54 Å². The number of halogens is 1. The van der Waals surface area contributed by atoms with Crippen molar-refractivity contribution in [3.8, 4) is 0 Å². The molecule has 110 valence electrons. The Morgan fingerprint density at radius 2 is 2.35 bits per heavy atom. The van der Waals surface area contributed by atoms with Gasteiger partial charge in [0.25, 0.3) is 0 Å². The van der Waals surface area contributed by atoms with Crippen molar-refractivity contribution in [2.24, 2.45) is 5.92 Å². The largest absolute Gasteiger partial charge is 0.396 e. The first-order chi connectivity index (χ1) is 9.58. The van der Waals surface area contributed by atoms with Crippen molar-refractivity contribution >= 4 is 23.2 Å². The maximum absolute atomic E-state index is 12.1. The van der Waals surface area contributed by atoms with Crippen LogP contribution in [0.3, 0.4) is 0 Å². The third kappa shape index (κ3) is 4.20. The minimum Gasteiger partial charge on any atom is -0.396 e. The molecule has 0 aliphatic carbocycles. The number of nitrogens with zero attached hydrogens (tertiary/aromatic N) is 1. The number of benzene rings is 1. The lowest BCUT2D eigenvalue weighted by Gasteiger charge is -2.16. The van der Waals surface area contributed by atoms with Crippen molar-refractivity contribution in [1.82, 2.24) is 4.90 Å². The maximum atomic E-state index is 12.1. The van der Waals surface area contributed by atoms with E-state index in [1.165, 1.54) is 0 Å². The molecule has 5 heteroatoms. The van der Waals surface area contributed by atoms with Gasteiger partial charge in [0.2, 0.25) is 5.91 Å². The minimum atomic E-state index is -0.0139. The number of nitrogens with one attached hydrogen (secondary N) is 1. The Labute approximate surface area is 124 Å². The standard InChI is InChI=1S/C15H21ClN2O2/c1-11-2-3-13(16)8-14(11)17-15(20)10-18-6-4-12(9-18)5-7-19/h2-3,8,12,19H,4-7,9-10H2,1H3,(H,17,20). The Kier molecular flexibility index (Phi) is 5.40. The maximum Gasteiger partial charge on any atom is 0.238 e. The number of anilines is 1. The van der Waals surface area contributed by atoms with E-state index in [4.69, 9.17) is 16.7 Å². The summed E-state index contributed by atoms with van der Waals surface area (Å²) in [5, 5.41) is 12.5. The average molecular weight is 297 g/mol. The van der Waals surface area contributed by atoms with Crippen LogP contribution in [-0.2, 0) is 4.79 Å². The fraction of sp³-hybridized carbons (Fsp3) is 0.533. The van der Waals surface area contributed by atoms with Crippen molar-refractivity contribution in [2.75, 3.05) is 31.6 Å². The molecular weight excluding hydrogens is 276 g/mol. The van der Waals surface area contributed by atoms with E-state index in [1.807, 2.05) is 19.1 Å². The molecule has 0 spiro atoms. The van der Waals surface area contributed by atoms with Crippen LogP contribution in [0.5, 0.6) is 0 Å². The molecule has 1 amide bonds. The molecule has 1 aliphatic heterocycles. The molecule has 1 fully saturated rings. The number of amides is 1. The number of rotatable bonds is 5. The van der Waals surface area contributed by atoms with E-state index in [0.29, 0.717) is 17.5 Å². The highest BCUT2D eigenvalue weighted by Crippen LogP contribution is 2.21. The first kappa shape index (κ1) is 15.3. The average Bonchev–Trinajstić information content (AvgIpc) is 2.81. The van der Waals surface area contributed by atoms with Crippen molar-refractivity contribution in [2.45, 2.75) is 19.8 Å². The number of aliphatic hydroxyl groups is 1. The summed E-state index contributed by atoms with van der Waals surface area (Å²) in [6, 6.07) is 5.48. The van der Waals surface area contributed by atoms with Gasteiger partial charge in [-0.1, -0.05) is 17.7 Å². The molecule has 1 atom stereocenters. The third-order valence-electron chi connectivity index (χ3n) is 3.75. The Balaban J connectivity index is 1.85. The number of aliphatic hydroxyl groups excluding tert-OH is 1. The van der Waals surface area contributed by atoms with E-state index in [0.717, 1.165) is 37.2 Å². The van der Waals surface area contributed by atoms with Crippen LogP contribution in [0.25, 0.3) is 0 Å². The topological polar surface area (TPSA) is 52.6 Å². The molecule has 1 heterocycles. The normalized spacial score (nSPS) is 19.2. The van der Waals surface area contributed by atoms with Crippen LogP contribution >= 0.6 is 11.6 Å². The van der Waals surface area contributed by atoms with Crippen molar-refractivity contribution in [1.29, 1.82) is 0 Å². The van der Waals surface area contributed by atoms with E-state index >= 15 is 0 Å². The Morgan fingerprint density at radius 1 is 1.55 bits per heavy atom. The summed E-state index contributed by atoms with van der Waals surface area (Å²) >= 11 is 5.94. The first-order valence-electron chi connectivity index (χ1n) is 6.97. The van der Waals surface area contributed by atoms with Gasteiger partial charge >= 0.3 is 0 Å². The summed E-state index contributed by atoms with van der Waals surface area (Å²) in [5.74, 6) is 0.501. The summed E-state index contributed by atoms with van der Waals surface area (Å²) in [5.41, 5.74) is 1.77. The van der Waals surface area contributed by atoms with Crippen LogP contribution in [0.2, 0.25) is 5.02 Å². The second-order valence-corrected chi connectivity index (χ2v) is 5.85. The first-order valence-corrected chi connectivity index (χ1v) is 7.35. The predicted octanol–water partition coefficient (Wildman–Crippen LogP) is 2.29. The summed E-state index contributed by atoms with van der Waals surface area (Å²) < 4.78 is 0. The van der Waals surface area contributed by atoms with Gasteiger partial charge in [-0.15, -0.1) is 0 Å². The fourth-order valence-electron chi connectivity index (χ4n) is 2.60. The molecule has 2 rings (SSSR count). The molecule has 1 unspecified atom stereocenters. The summed E-state index contributed by atoms with van der Waals surface area (Å²) in [6.07, 6.45) is 1.88. The number of carbonyl (C=O) groups excluding carboxylic acids is 1. The molecule has 1 aromatic carbocycles. The molecule has 1 saturated heterocycles. The van der Waals surface area contributed by atoms with Gasteiger partial charge in [-0.05, 0) is 49.9 Å². The fourth-order valence-corrected chi connectivity index (χ4v) is 2.77. The molecule has 1 aliphatic rings. The molecule has 0 bridgehead atoms. The molecular formula is C15H21ClN2O2. The molecule has 0 saturated carbocycles. The molecule has 0 radical (unpaired) electrons. The van der Waals surface area contributed by atoms with Crippen LogP contribution in [-0.4, -0.2) is 42.2 Å². The minimum absolute atomic E-state index is 0.0139. The monoisotopic (exact) mass is 296 g/mol. The summed E-state index contributed by atoms with van der Waals surface area (Å²) in [7, 11) is 0. The number of hydrogen-bond acceptors (Lipinski definition) is 3. The second kappa shape index (κ2) is 7.07. The van der Waals surface area contributed by atoms with Gasteiger partial charge in [-0.25, -0.2) is 0 Å². The van der Waals surface area contributed by atoms with E-state index < -0.39 is 0 Å². The third-order valence-corrected chi connectivity index (χ3v) is 3.98. The lowest BCUT2D eigenvalue weighted by molar-refractivity contribution is -0.117. The molecule has 2 N–H and O–H groups in total. The highest BCUT2D eigenvalue weighted by Gasteiger charge is 2.23. The molecule has 0 aromatic heterocycles. The van der Waals surface area contributed by atoms with Crippen LogP contribution in [0.1, 0.15) is 18.4 Å². The van der Waals surface area contributed by atoms with Crippen LogP contribution in [0.4, 0.5) is 5.69 Å². The van der Waals surface area contributed by atoms with E-state index in [1.54, 1.807) is 6.07 Å². The Bertz CT molecular complexity index is 479. The van der Waals surface area contributed by atoms with E-state index in [-0.39, 0.29) is 12.5 Å². The number of aryl methyl sites for hydroxylation is 1. The zero-order valence-corrected chi connectivity index (χ0v) is 12.5. The predicted molar refractivity (Wildman–Crippen MR) is 81.1 cm³/mol. The molecule has 1 aromatic rings. The summed E-state index contributed by atoms with van der Waals surface area (Å²) in [4.78, 5) is 14.2. The van der Waals surface area contributed by atoms with Gasteiger partial charge in [-0.3, -0.25) is 9.69 Å². The zero-order chi connectivity index (χ0) is 14.5. The van der Waals surface area contributed by atoms with E-state index in [9.17, 15) is 4.79 Å². The van der Waals surface area contributed by atoms with Crippen LogP contribution in [0, 0.1) is 12.8 Å². The Morgan fingerprint density at radius 3 is 3.10 bits per heavy atom. The van der Waals surface area contributed by atoms with Gasteiger partial charge in [-0.2, -0.15) is 0 Å².